The van der Waals surface area contributed by atoms with E-state index in [2.05, 4.69) is 21.2 Å². The van der Waals surface area contributed by atoms with Gasteiger partial charge >= 0.3 is 0 Å². The molecule has 1 amide bonds. The standard InChI is InChI=1S/C14H18ClN3O/c1-4-5-6-7-8-16-14(19)12-11(15)9-17-13(18-12)10(2)3/h1,9-10H,5-8H2,2-3H3,(H,16,19). The molecular formula is C14H18ClN3O. The largest absolute Gasteiger partial charge is 0.351 e. The van der Waals surface area contributed by atoms with Gasteiger partial charge in [-0.15, -0.1) is 12.3 Å². The van der Waals surface area contributed by atoms with Crippen LogP contribution in [0.5, 0.6) is 0 Å². The molecule has 0 aromatic carbocycles. The van der Waals surface area contributed by atoms with Crippen LogP contribution in [0.25, 0.3) is 0 Å². The van der Waals surface area contributed by atoms with Crippen LogP contribution >= 0.6 is 11.6 Å². The molecule has 19 heavy (non-hydrogen) atoms. The maximum atomic E-state index is 11.9. The molecule has 0 aliphatic rings. The maximum Gasteiger partial charge on any atom is 0.271 e. The first-order chi connectivity index (χ1) is 9.06. The molecule has 0 bridgehead atoms. The molecule has 0 spiro atoms. The van der Waals surface area contributed by atoms with Crippen LogP contribution in [0.3, 0.4) is 0 Å². The predicted molar refractivity (Wildman–Crippen MR) is 76.1 cm³/mol. The lowest BCUT2D eigenvalue weighted by Gasteiger charge is -2.08. The van der Waals surface area contributed by atoms with Crippen molar-refractivity contribution >= 4 is 17.5 Å². The van der Waals surface area contributed by atoms with E-state index < -0.39 is 0 Å². The zero-order valence-electron chi connectivity index (χ0n) is 11.2. The minimum atomic E-state index is -0.269. The van der Waals surface area contributed by atoms with Gasteiger partial charge in [0.15, 0.2) is 0 Å². The molecule has 0 aliphatic heterocycles. The Kier molecular flexibility index (Phi) is 6.31. The summed E-state index contributed by atoms with van der Waals surface area (Å²) in [5, 5.41) is 3.05. The van der Waals surface area contributed by atoms with E-state index in [4.69, 9.17) is 18.0 Å². The van der Waals surface area contributed by atoms with Gasteiger partial charge < -0.3 is 5.32 Å². The summed E-state index contributed by atoms with van der Waals surface area (Å²) in [6, 6.07) is 0. The molecule has 4 nitrogen and oxygen atoms in total. The molecule has 1 rings (SSSR count). The molecule has 102 valence electrons. The summed E-state index contributed by atoms with van der Waals surface area (Å²) in [5.74, 6) is 3.06. The fourth-order valence-corrected chi connectivity index (χ4v) is 1.63. The fraction of sp³-hybridized carbons (Fsp3) is 0.500. The van der Waals surface area contributed by atoms with Gasteiger partial charge in [-0.3, -0.25) is 4.79 Å². The number of halogens is 1. The van der Waals surface area contributed by atoms with Crippen LogP contribution in [0.2, 0.25) is 5.02 Å². The number of amides is 1. The Balaban J connectivity index is 2.61. The highest BCUT2D eigenvalue weighted by atomic mass is 35.5. The Morgan fingerprint density at radius 3 is 2.89 bits per heavy atom. The van der Waals surface area contributed by atoms with Crippen LogP contribution < -0.4 is 5.32 Å². The highest BCUT2D eigenvalue weighted by molar-refractivity contribution is 6.33. The van der Waals surface area contributed by atoms with E-state index in [9.17, 15) is 4.79 Å². The van der Waals surface area contributed by atoms with Crippen LogP contribution in [0.15, 0.2) is 6.20 Å². The molecule has 0 aliphatic carbocycles. The summed E-state index contributed by atoms with van der Waals surface area (Å²) >= 11 is 5.95. The van der Waals surface area contributed by atoms with Gasteiger partial charge in [0.2, 0.25) is 0 Å². The zero-order valence-corrected chi connectivity index (χ0v) is 12.0. The lowest BCUT2D eigenvalue weighted by molar-refractivity contribution is 0.0947. The highest BCUT2D eigenvalue weighted by Crippen LogP contribution is 2.16. The van der Waals surface area contributed by atoms with Crippen molar-refractivity contribution in [1.82, 2.24) is 15.3 Å². The van der Waals surface area contributed by atoms with Crippen LogP contribution in [-0.2, 0) is 0 Å². The molecular weight excluding hydrogens is 262 g/mol. The smallest absolute Gasteiger partial charge is 0.271 e. The van der Waals surface area contributed by atoms with Gasteiger partial charge in [-0.05, 0) is 12.8 Å². The normalized spacial score (nSPS) is 10.3. The van der Waals surface area contributed by atoms with Crippen LogP contribution in [0.4, 0.5) is 0 Å². The van der Waals surface area contributed by atoms with Crippen molar-refractivity contribution < 1.29 is 4.79 Å². The first kappa shape index (κ1) is 15.5. The monoisotopic (exact) mass is 279 g/mol. The van der Waals surface area contributed by atoms with Crippen molar-refractivity contribution in [2.45, 2.75) is 39.0 Å². The van der Waals surface area contributed by atoms with Gasteiger partial charge in [-0.1, -0.05) is 25.4 Å². The first-order valence-electron chi connectivity index (χ1n) is 6.30. The van der Waals surface area contributed by atoms with Crippen LogP contribution in [0.1, 0.15) is 55.3 Å². The SMILES string of the molecule is C#CCCCCNC(=O)c1nc(C(C)C)ncc1Cl. The number of rotatable bonds is 6. The summed E-state index contributed by atoms with van der Waals surface area (Å²) in [6.07, 6.45) is 9.09. The average molecular weight is 280 g/mol. The van der Waals surface area contributed by atoms with Gasteiger partial charge in [0.05, 0.1) is 11.2 Å². The molecule has 0 unspecified atom stereocenters. The first-order valence-corrected chi connectivity index (χ1v) is 6.68. The van der Waals surface area contributed by atoms with Gasteiger partial charge in [0, 0.05) is 18.9 Å². The van der Waals surface area contributed by atoms with E-state index in [-0.39, 0.29) is 22.5 Å². The van der Waals surface area contributed by atoms with Crippen molar-refractivity contribution in [3.05, 3.63) is 22.7 Å². The van der Waals surface area contributed by atoms with Crippen LogP contribution in [0, 0.1) is 12.3 Å². The van der Waals surface area contributed by atoms with Crippen molar-refractivity contribution in [1.29, 1.82) is 0 Å². The third-order valence-electron chi connectivity index (χ3n) is 2.53. The average Bonchev–Trinajstić information content (AvgIpc) is 2.38. The molecule has 1 aromatic rings. The van der Waals surface area contributed by atoms with E-state index in [0.29, 0.717) is 12.4 Å². The summed E-state index contributed by atoms with van der Waals surface area (Å²) in [6.45, 7) is 4.49. The maximum absolute atomic E-state index is 11.9. The molecule has 1 aromatic heterocycles. The van der Waals surface area contributed by atoms with E-state index in [0.717, 1.165) is 19.3 Å². The molecule has 0 fully saturated rings. The number of aromatic nitrogens is 2. The minimum absolute atomic E-state index is 0.152. The van der Waals surface area contributed by atoms with Crippen molar-refractivity contribution in [3.63, 3.8) is 0 Å². The van der Waals surface area contributed by atoms with Gasteiger partial charge in [-0.25, -0.2) is 9.97 Å². The predicted octanol–water partition coefficient (Wildman–Crippen LogP) is 2.79. The second kappa shape index (κ2) is 7.75. The van der Waals surface area contributed by atoms with E-state index in [1.165, 1.54) is 6.20 Å². The third kappa shape index (κ3) is 4.88. The van der Waals surface area contributed by atoms with Gasteiger partial charge in [0.1, 0.15) is 11.5 Å². The van der Waals surface area contributed by atoms with Gasteiger partial charge in [-0.2, -0.15) is 0 Å². The zero-order chi connectivity index (χ0) is 14.3. The summed E-state index contributed by atoms with van der Waals surface area (Å²) in [4.78, 5) is 20.2. The Morgan fingerprint density at radius 1 is 1.53 bits per heavy atom. The van der Waals surface area contributed by atoms with Crippen LogP contribution in [-0.4, -0.2) is 22.4 Å². The topological polar surface area (TPSA) is 54.9 Å². The van der Waals surface area contributed by atoms with E-state index in [1.807, 2.05) is 13.8 Å². The van der Waals surface area contributed by atoms with E-state index in [1.54, 1.807) is 0 Å². The number of terminal acetylenes is 1. The quantitative estimate of drug-likeness (QED) is 0.643. The Hall–Kier alpha value is -1.60. The van der Waals surface area contributed by atoms with Gasteiger partial charge in [0.25, 0.3) is 5.91 Å². The fourth-order valence-electron chi connectivity index (χ4n) is 1.46. The van der Waals surface area contributed by atoms with Crippen molar-refractivity contribution in [2.75, 3.05) is 6.54 Å². The third-order valence-corrected chi connectivity index (χ3v) is 2.80. The summed E-state index contributed by atoms with van der Waals surface area (Å²) < 4.78 is 0. The summed E-state index contributed by atoms with van der Waals surface area (Å²) in [7, 11) is 0. The molecule has 1 N–H and O–H groups in total. The van der Waals surface area contributed by atoms with Crippen molar-refractivity contribution in [3.8, 4) is 12.3 Å². The Bertz CT molecular complexity index is 480. The highest BCUT2D eigenvalue weighted by Gasteiger charge is 2.14. The van der Waals surface area contributed by atoms with E-state index >= 15 is 0 Å². The van der Waals surface area contributed by atoms with Crippen molar-refractivity contribution in [2.24, 2.45) is 0 Å². The number of nitrogens with zero attached hydrogens (tertiary/aromatic N) is 2. The lowest BCUT2D eigenvalue weighted by atomic mass is 10.2. The second-order valence-corrected chi connectivity index (χ2v) is 4.90. The lowest BCUT2D eigenvalue weighted by Crippen LogP contribution is -2.26. The molecule has 5 heteroatoms. The Labute approximate surface area is 119 Å². The number of unbranched alkanes of at least 4 members (excludes halogenated alkanes) is 2. The number of hydrogen-bond acceptors (Lipinski definition) is 3. The Morgan fingerprint density at radius 2 is 2.26 bits per heavy atom. The number of hydrogen-bond donors (Lipinski definition) is 1. The number of nitrogens with one attached hydrogen (secondary N) is 1. The minimum Gasteiger partial charge on any atom is -0.351 e. The number of carbonyl (C=O) groups excluding carboxylic acids is 1. The summed E-state index contributed by atoms with van der Waals surface area (Å²) in [5.41, 5.74) is 0.234. The second-order valence-electron chi connectivity index (χ2n) is 4.50. The molecule has 0 atom stereocenters. The number of carbonyl (C=O) groups is 1. The molecule has 0 saturated carbocycles. The molecule has 0 radical (unpaired) electrons. The molecule has 1 heterocycles. The molecule has 0 saturated heterocycles.